The summed E-state index contributed by atoms with van der Waals surface area (Å²) in [4.78, 5) is 67.8. The molecule has 0 radical (unpaired) electrons. The Bertz CT molecular complexity index is 1770. The van der Waals surface area contributed by atoms with Crippen LogP contribution in [0.3, 0.4) is 0 Å². The van der Waals surface area contributed by atoms with Crippen LogP contribution in [0.1, 0.15) is 77.8 Å². The van der Waals surface area contributed by atoms with Crippen molar-refractivity contribution < 1.29 is 53.5 Å². The number of rotatable bonds is 13. The number of carbonyl (C=O) groups is 5. The van der Waals surface area contributed by atoms with Crippen LogP contribution < -0.4 is 16.0 Å². The molecule has 322 valence electrons. The van der Waals surface area contributed by atoms with Crippen LogP contribution in [-0.2, 0) is 46.4 Å². The van der Waals surface area contributed by atoms with Crippen LogP contribution >= 0.6 is 33.2 Å². The standard InChI is InChI=1S/C40H57ClN4O11S2/c1-22-9-8-10-28(21-47)40(53)19-30(54-38(52)43-40)24(3)36-39(5,56-36)31(18-34(50)45(7)29-17-26(15-22)16-27(20-46)35(29)41)55-37(51)25(4)44(6)33(49)13-14-57-58-23(2)11-12-32(42)48/h8-10,16-17,23-25,28,30-31,36,46-47,53H,11-15,18-21H2,1-7H3,(H2,42,48)(H,43,52)/b10-8+,22-9+/t23?,24-,25+,28+,30+,31+,36+,39+,40+/m1/s1. The number of benzene rings is 1. The van der Waals surface area contributed by atoms with Gasteiger partial charge in [0, 0.05) is 56.2 Å². The van der Waals surface area contributed by atoms with Crippen molar-refractivity contribution in [2.75, 3.05) is 31.4 Å². The number of amides is 4. The van der Waals surface area contributed by atoms with Crippen LogP contribution in [0.2, 0.25) is 5.02 Å². The Morgan fingerprint density at radius 3 is 2.57 bits per heavy atom. The summed E-state index contributed by atoms with van der Waals surface area (Å²) >= 11 is 6.73. The maximum atomic E-state index is 14.2. The van der Waals surface area contributed by atoms with Crippen molar-refractivity contribution in [3.63, 3.8) is 0 Å². The number of likely N-dealkylation sites (N-methyl/N-ethyl adjacent to an activating group) is 1. The number of esters is 1. The summed E-state index contributed by atoms with van der Waals surface area (Å²) in [5.74, 6) is -2.95. The molecule has 0 aromatic heterocycles. The lowest BCUT2D eigenvalue weighted by atomic mass is 9.81. The molecule has 0 spiro atoms. The first-order valence-electron chi connectivity index (χ1n) is 19.3. The minimum atomic E-state index is -1.88. The van der Waals surface area contributed by atoms with E-state index in [2.05, 4.69) is 5.32 Å². The normalized spacial score (nSPS) is 30.1. The summed E-state index contributed by atoms with van der Waals surface area (Å²) in [7, 11) is 6.07. The first-order valence-corrected chi connectivity index (χ1v) is 22.1. The summed E-state index contributed by atoms with van der Waals surface area (Å²) in [6.45, 7) is 7.94. The van der Waals surface area contributed by atoms with E-state index < -0.39 is 72.1 Å². The highest BCUT2D eigenvalue weighted by atomic mass is 35.5. The van der Waals surface area contributed by atoms with Crippen LogP contribution in [0.15, 0.2) is 35.9 Å². The lowest BCUT2D eigenvalue weighted by Gasteiger charge is -2.42. The Balaban J connectivity index is 1.63. The van der Waals surface area contributed by atoms with Gasteiger partial charge in [0.25, 0.3) is 0 Å². The molecular weight excluding hydrogens is 812 g/mol. The molecule has 2 fully saturated rings. The number of aliphatic hydroxyl groups is 3. The van der Waals surface area contributed by atoms with Crippen molar-refractivity contribution in [3.05, 3.63) is 52.1 Å². The number of nitrogens with two attached hydrogens (primary N) is 1. The fourth-order valence-electron chi connectivity index (χ4n) is 7.17. The number of nitrogens with one attached hydrogen (secondary N) is 1. The van der Waals surface area contributed by atoms with E-state index >= 15 is 0 Å². The van der Waals surface area contributed by atoms with Gasteiger partial charge in [-0.25, -0.2) is 9.59 Å². The monoisotopic (exact) mass is 868 g/mol. The molecule has 4 bridgehead atoms. The van der Waals surface area contributed by atoms with Gasteiger partial charge in [0.15, 0.2) is 5.72 Å². The molecule has 58 heavy (non-hydrogen) atoms. The second-order valence-corrected chi connectivity index (χ2v) is 18.9. The summed E-state index contributed by atoms with van der Waals surface area (Å²) < 4.78 is 18.0. The smallest absolute Gasteiger partial charge is 0.409 e. The van der Waals surface area contributed by atoms with Gasteiger partial charge in [-0.05, 0) is 50.8 Å². The lowest BCUT2D eigenvalue weighted by Crippen LogP contribution is -2.62. The molecule has 0 saturated carbocycles. The number of allylic oxidation sites excluding steroid dienone is 3. The van der Waals surface area contributed by atoms with E-state index in [-0.39, 0.29) is 54.4 Å². The van der Waals surface area contributed by atoms with Crippen molar-refractivity contribution in [2.24, 2.45) is 17.6 Å². The van der Waals surface area contributed by atoms with E-state index in [0.29, 0.717) is 29.8 Å². The zero-order valence-electron chi connectivity index (χ0n) is 34.1. The molecule has 1 aromatic carbocycles. The number of epoxide rings is 1. The third-order valence-corrected chi connectivity index (χ3v) is 14.6. The maximum Gasteiger partial charge on any atom is 0.409 e. The predicted molar refractivity (Wildman–Crippen MR) is 223 cm³/mol. The first kappa shape index (κ1) is 47.4. The average molecular weight is 869 g/mol. The predicted octanol–water partition coefficient (Wildman–Crippen LogP) is 4.02. The number of alkyl carbamates (subject to hydrolysis) is 1. The number of primary amides is 1. The van der Waals surface area contributed by atoms with Crippen LogP contribution in [0.4, 0.5) is 10.5 Å². The van der Waals surface area contributed by atoms with Gasteiger partial charge in [-0.1, -0.05) is 76.9 Å². The number of anilines is 1. The van der Waals surface area contributed by atoms with Crippen molar-refractivity contribution >= 4 is 68.7 Å². The van der Waals surface area contributed by atoms with Crippen LogP contribution in [-0.4, -0.2) is 117 Å². The number of fused-ring (bicyclic) bond motifs is 5. The van der Waals surface area contributed by atoms with Crippen molar-refractivity contribution in [1.82, 2.24) is 10.2 Å². The molecule has 2 saturated heterocycles. The van der Waals surface area contributed by atoms with E-state index in [9.17, 15) is 39.3 Å². The maximum absolute atomic E-state index is 14.2. The topological polar surface area (TPSA) is 222 Å². The van der Waals surface area contributed by atoms with Crippen molar-refractivity contribution in [2.45, 2.75) is 121 Å². The summed E-state index contributed by atoms with van der Waals surface area (Å²) in [6.07, 6.45) is 2.35. The molecule has 18 heteroatoms. The third kappa shape index (κ3) is 11.7. The fraction of sp³-hybridized carbons (Fsp3) is 0.625. The van der Waals surface area contributed by atoms with Crippen LogP contribution in [0, 0.1) is 11.8 Å². The van der Waals surface area contributed by atoms with Gasteiger partial charge in [-0.3, -0.25) is 19.7 Å². The molecule has 3 aliphatic rings. The fourth-order valence-corrected chi connectivity index (χ4v) is 9.79. The molecule has 1 unspecified atom stereocenters. The first-order chi connectivity index (χ1) is 27.2. The van der Waals surface area contributed by atoms with E-state index in [1.807, 2.05) is 13.8 Å². The number of ether oxygens (including phenoxy) is 3. The van der Waals surface area contributed by atoms with E-state index in [1.165, 1.54) is 41.6 Å². The molecule has 3 aliphatic heterocycles. The van der Waals surface area contributed by atoms with Crippen LogP contribution in [0.25, 0.3) is 0 Å². The molecule has 4 rings (SSSR count). The Hall–Kier alpha value is -3.32. The number of carbonyl (C=O) groups excluding carboxylic acids is 5. The molecule has 3 heterocycles. The Labute approximate surface area is 352 Å². The van der Waals surface area contributed by atoms with Crippen molar-refractivity contribution in [3.8, 4) is 0 Å². The SMILES string of the molecule is C/C1=C\C=C\[C@@H](CO)[C@@]2(O)C[C@H](OC(=O)N2)[C@@H](C)[C@@H]2O[C@@]2(C)[C@@H](OC(=O)[C@H](C)N(C)C(=O)CCSSC(C)CCC(N)=O)CC(=O)N(C)c2cc(cc(CO)c2Cl)C1. The highest BCUT2D eigenvalue weighted by Crippen LogP contribution is 2.49. The van der Waals surface area contributed by atoms with Gasteiger partial charge in [0.2, 0.25) is 17.7 Å². The highest BCUT2D eigenvalue weighted by Gasteiger charge is 2.64. The summed E-state index contributed by atoms with van der Waals surface area (Å²) in [5.41, 5.74) is 4.42. The highest BCUT2D eigenvalue weighted by molar-refractivity contribution is 8.76. The molecule has 9 atom stereocenters. The lowest BCUT2D eigenvalue weighted by molar-refractivity contribution is -0.161. The Morgan fingerprint density at radius 1 is 1.21 bits per heavy atom. The van der Waals surface area contributed by atoms with E-state index in [4.69, 9.17) is 31.5 Å². The summed E-state index contributed by atoms with van der Waals surface area (Å²) in [5, 5.41) is 35.0. The van der Waals surface area contributed by atoms with Gasteiger partial charge < -0.3 is 45.1 Å². The van der Waals surface area contributed by atoms with Crippen molar-refractivity contribution in [1.29, 1.82) is 0 Å². The number of hydrogen-bond donors (Lipinski definition) is 5. The molecule has 4 amide bonds. The number of halogens is 1. The minimum Gasteiger partial charge on any atom is -0.457 e. The van der Waals surface area contributed by atoms with Gasteiger partial charge in [0.1, 0.15) is 23.9 Å². The second kappa shape index (κ2) is 20.3. The average Bonchev–Trinajstić information content (AvgIpc) is 3.87. The molecule has 1 aromatic rings. The van der Waals surface area contributed by atoms with Gasteiger partial charge in [-0.15, -0.1) is 0 Å². The second-order valence-electron chi connectivity index (χ2n) is 15.6. The molecule has 6 N–H and O–H groups in total. The number of hydrogen-bond acceptors (Lipinski definition) is 13. The number of aliphatic hydroxyl groups excluding tert-OH is 2. The third-order valence-electron chi connectivity index (χ3n) is 11.2. The van der Waals surface area contributed by atoms with Crippen LogP contribution in [0.5, 0.6) is 0 Å². The van der Waals surface area contributed by atoms with Gasteiger partial charge in [0.05, 0.1) is 36.4 Å². The quantitative estimate of drug-likeness (QED) is 0.0820. The zero-order valence-corrected chi connectivity index (χ0v) is 36.5. The van der Waals surface area contributed by atoms with E-state index in [1.54, 1.807) is 55.0 Å². The summed E-state index contributed by atoms with van der Waals surface area (Å²) in [6, 6.07) is 2.44. The Morgan fingerprint density at radius 2 is 1.91 bits per heavy atom. The minimum absolute atomic E-state index is 0.110. The molecule has 15 nitrogen and oxygen atoms in total. The zero-order chi connectivity index (χ0) is 43.1. The number of nitrogens with zero attached hydrogens (tertiary/aromatic N) is 2. The van der Waals surface area contributed by atoms with E-state index in [0.717, 1.165) is 11.1 Å². The molecular formula is C40H57ClN4O11S2. The molecule has 0 aliphatic carbocycles. The largest absolute Gasteiger partial charge is 0.457 e. The van der Waals surface area contributed by atoms with Gasteiger partial charge in [-0.2, -0.15) is 0 Å². The van der Waals surface area contributed by atoms with Gasteiger partial charge >= 0.3 is 12.1 Å². The Kier molecular flexibility index (Phi) is 16.6.